The first-order valence-electron chi connectivity index (χ1n) is 10.4. The number of likely N-dealkylation sites (tertiary alicyclic amines) is 1. The molecule has 2 aliphatic rings. The van der Waals surface area contributed by atoms with Crippen molar-refractivity contribution in [3.63, 3.8) is 0 Å². The number of nitrogens with zero attached hydrogens (tertiary/aromatic N) is 3. The number of aromatic nitrogens is 1. The molecule has 0 unspecified atom stereocenters. The summed E-state index contributed by atoms with van der Waals surface area (Å²) in [5.74, 6) is -2.62. The smallest absolute Gasteiger partial charge is 0.475 e. The van der Waals surface area contributed by atoms with E-state index in [0.717, 1.165) is 30.4 Å². The Kier molecular flexibility index (Phi) is 7.01. The van der Waals surface area contributed by atoms with Crippen molar-refractivity contribution in [1.29, 1.82) is 0 Å². The van der Waals surface area contributed by atoms with E-state index in [2.05, 4.69) is 50.2 Å². The van der Waals surface area contributed by atoms with E-state index in [1.165, 1.54) is 10.4 Å². The average molecular weight is 512 g/mol. The maximum Gasteiger partial charge on any atom is 0.490 e. The van der Waals surface area contributed by atoms with Crippen LogP contribution in [0.2, 0.25) is 5.02 Å². The molecule has 0 aliphatic carbocycles. The highest BCUT2D eigenvalue weighted by molar-refractivity contribution is 7.09. The van der Waals surface area contributed by atoms with E-state index in [1.807, 2.05) is 24.3 Å². The predicted octanol–water partition coefficient (Wildman–Crippen LogP) is 4.92. The van der Waals surface area contributed by atoms with Gasteiger partial charge >= 0.3 is 12.1 Å². The Balaban J connectivity index is 0.000000344. The monoisotopic (exact) mass is 511 g/mol. The number of carbonyl (C=O) groups is 2. The van der Waals surface area contributed by atoms with Gasteiger partial charge < -0.3 is 14.6 Å². The number of hydrogen-bond acceptors (Lipinski definition) is 4. The molecule has 6 nitrogen and oxygen atoms in total. The number of hydrogen-bond donors (Lipinski definition) is 1. The molecular weight excluding hydrogens is 491 g/mol. The number of thiophene rings is 1. The van der Waals surface area contributed by atoms with Crippen molar-refractivity contribution in [1.82, 2.24) is 14.4 Å². The van der Waals surface area contributed by atoms with Crippen molar-refractivity contribution in [3.05, 3.63) is 81.3 Å². The van der Waals surface area contributed by atoms with Gasteiger partial charge in [-0.15, -0.1) is 11.3 Å². The van der Waals surface area contributed by atoms with E-state index in [9.17, 15) is 18.0 Å². The molecule has 1 saturated heterocycles. The van der Waals surface area contributed by atoms with Crippen molar-refractivity contribution >= 4 is 34.8 Å². The normalized spacial score (nSPS) is 19.9. The zero-order valence-electron chi connectivity index (χ0n) is 17.8. The van der Waals surface area contributed by atoms with E-state index in [4.69, 9.17) is 21.5 Å². The van der Waals surface area contributed by atoms with E-state index < -0.39 is 12.1 Å². The van der Waals surface area contributed by atoms with Gasteiger partial charge in [-0.25, -0.2) is 4.79 Å². The zero-order chi connectivity index (χ0) is 24.5. The standard InChI is InChI=1S/C21H20ClN3OS.C2HF3O2/c22-16-7-5-15(6-8-16)11-23-13-19-20(14-23)25(12-17-3-2-10-27-17)21(26)18-4-1-9-24(18)19;3-2(4,5)1(6)7/h1-10,19-20H,11-14H2;(H,6,7)/t19-,20+;/m0./s1. The molecule has 1 amide bonds. The van der Waals surface area contributed by atoms with E-state index in [1.54, 1.807) is 11.3 Å². The van der Waals surface area contributed by atoms with Gasteiger partial charge in [0.2, 0.25) is 0 Å². The summed E-state index contributed by atoms with van der Waals surface area (Å²) < 4.78 is 33.9. The van der Waals surface area contributed by atoms with Crippen LogP contribution in [0.15, 0.2) is 60.1 Å². The summed E-state index contributed by atoms with van der Waals surface area (Å²) in [6.07, 6.45) is -3.03. The van der Waals surface area contributed by atoms with Gasteiger partial charge in [0.15, 0.2) is 0 Å². The van der Waals surface area contributed by atoms with Crippen LogP contribution in [0.5, 0.6) is 0 Å². The Morgan fingerprint density at radius 3 is 2.35 bits per heavy atom. The van der Waals surface area contributed by atoms with Crippen LogP contribution in [0.1, 0.15) is 27.0 Å². The van der Waals surface area contributed by atoms with Gasteiger partial charge in [0.1, 0.15) is 5.69 Å². The number of carboxylic acids is 1. The lowest BCUT2D eigenvalue weighted by Gasteiger charge is -2.38. The predicted molar refractivity (Wildman–Crippen MR) is 122 cm³/mol. The number of carboxylic acid groups (broad SMARTS) is 1. The molecule has 2 aromatic heterocycles. The molecular formula is C23H21ClF3N3O3S. The van der Waals surface area contributed by atoms with E-state index in [-0.39, 0.29) is 11.9 Å². The first kappa shape index (κ1) is 24.3. The number of aliphatic carboxylic acids is 1. The second-order valence-corrected chi connectivity index (χ2v) is 9.54. The zero-order valence-corrected chi connectivity index (χ0v) is 19.4. The van der Waals surface area contributed by atoms with Gasteiger partial charge in [0, 0.05) is 35.7 Å². The number of alkyl halides is 3. The van der Waals surface area contributed by atoms with Crippen molar-refractivity contribution in [2.45, 2.75) is 31.3 Å². The van der Waals surface area contributed by atoms with Crippen molar-refractivity contribution in [2.24, 2.45) is 0 Å². The third-order valence-electron chi connectivity index (χ3n) is 5.82. The molecule has 1 fully saturated rings. The number of benzene rings is 1. The van der Waals surface area contributed by atoms with Crippen LogP contribution in [-0.2, 0) is 17.9 Å². The molecule has 1 N–H and O–H groups in total. The summed E-state index contributed by atoms with van der Waals surface area (Å²) >= 11 is 7.73. The largest absolute Gasteiger partial charge is 0.490 e. The number of rotatable bonds is 4. The molecule has 2 atom stereocenters. The molecule has 180 valence electrons. The Hall–Kier alpha value is -2.82. The second-order valence-electron chi connectivity index (χ2n) is 8.07. The Labute approximate surface area is 202 Å². The highest BCUT2D eigenvalue weighted by atomic mass is 35.5. The summed E-state index contributed by atoms with van der Waals surface area (Å²) in [6.45, 7) is 3.41. The fraction of sp³-hybridized carbons (Fsp3) is 0.304. The number of fused-ring (bicyclic) bond motifs is 3. The van der Waals surface area contributed by atoms with Gasteiger partial charge in [0.05, 0.1) is 18.6 Å². The highest BCUT2D eigenvalue weighted by Crippen LogP contribution is 2.35. The Morgan fingerprint density at radius 2 is 1.74 bits per heavy atom. The number of amides is 1. The lowest BCUT2D eigenvalue weighted by molar-refractivity contribution is -0.192. The quantitative estimate of drug-likeness (QED) is 0.540. The molecule has 34 heavy (non-hydrogen) atoms. The van der Waals surface area contributed by atoms with Crippen LogP contribution in [0.4, 0.5) is 13.2 Å². The van der Waals surface area contributed by atoms with Crippen LogP contribution >= 0.6 is 22.9 Å². The van der Waals surface area contributed by atoms with Gasteiger partial charge in [-0.3, -0.25) is 9.69 Å². The molecule has 0 bridgehead atoms. The minimum Gasteiger partial charge on any atom is -0.475 e. The summed E-state index contributed by atoms with van der Waals surface area (Å²) in [7, 11) is 0. The molecule has 3 aromatic rings. The molecule has 0 spiro atoms. The number of halogens is 4. The van der Waals surface area contributed by atoms with Crippen molar-refractivity contribution in [2.75, 3.05) is 13.1 Å². The van der Waals surface area contributed by atoms with Crippen molar-refractivity contribution in [3.8, 4) is 0 Å². The Bertz CT molecular complexity index is 1150. The maximum atomic E-state index is 13.1. The second kappa shape index (κ2) is 9.81. The van der Waals surface area contributed by atoms with E-state index >= 15 is 0 Å². The molecule has 2 aliphatic heterocycles. The van der Waals surface area contributed by atoms with Gasteiger partial charge in [-0.05, 0) is 41.3 Å². The maximum absolute atomic E-state index is 13.1. The minimum absolute atomic E-state index is 0.142. The van der Waals surface area contributed by atoms with E-state index in [0.29, 0.717) is 12.6 Å². The molecule has 11 heteroatoms. The lowest BCUT2D eigenvalue weighted by Crippen LogP contribution is -2.49. The topological polar surface area (TPSA) is 65.8 Å². The van der Waals surface area contributed by atoms with Crippen molar-refractivity contribution < 1.29 is 27.9 Å². The SMILES string of the molecule is O=C(O)C(F)(F)F.O=C1c2cccn2[C@H]2CN(Cc3ccc(Cl)cc3)C[C@H]2N1Cc1cccs1. The minimum atomic E-state index is -5.08. The van der Waals surface area contributed by atoms with Gasteiger partial charge in [-0.2, -0.15) is 13.2 Å². The van der Waals surface area contributed by atoms with Crippen LogP contribution in [0.25, 0.3) is 0 Å². The third-order valence-corrected chi connectivity index (χ3v) is 6.93. The average Bonchev–Trinajstić information content (AvgIpc) is 3.53. The summed E-state index contributed by atoms with van der Waals surface area (Å²) in [6, 6.07) is 16.7. The highest BCUT2D eigenvalue weighted by Gasteiger charge is 2.44. The number of carbonyl (C=O) groups excluding carboxylic acids is 1. The molecule has 0 saturated carbocycles. The molecule has 4 heterocycles. The van der Waals surface area contributed by atoms with Gasteiger partial charge in [0.25, 0.3) is 5.91 Å². The molecule has 0 radical (unpaired) electrons. The summed E-state index contributed by atoms with van der Waals surface area (Å²) in [5, 5.41) is 9.96. The summed E-state index contributed by atoms with van der Waals surface area (Å²) in [4.78, 5) is 27.8. The Morgan fingerprint density at radius 1 is 1.06 bits per heavy atom. The summed E-state index contributed by atoms with van der Waals surface area (Å²) in [5.41, 5.74) is 2.06. The van der Waals surface area contributed by atoms with Crippen LogP contribution in [0.3, 0.4) is 0 Å². The van der Waals surface area contributed by atoms with Crippen LogP contribution in [0, 0.1) is 0 Å². The first-order valence-corrected chi connectivity index (χ1v) is 11.7. The van der Waals surface area contributed by atoms with Crippen LogP contribution < -0.4 is 0 Å². The van der Waals surface area contributed by atoms with Crippen LogP contribution in [-0.4, -0.2) is 56.7 Å². The molecule has 1 aromatic carbocycles. The lowest BCUT2D eigenvalue weighted by atomic mass is 10.1. The third kappa shape index (κ3) is 5.29. The van der Waals surface area contributed by atoms with Gasteiger partial charge in [-0.1, -0.05) is 29.8 Å². The fourth-order valence-corrected chi connectivity index (χ4v) is 5.15. The fourth-order valence-electron chi connectivity index (χ4n) is 4.33. The molecule has 5 rings (SSSR count). The first-order chi connectivity index (χ1) is 16.1.